The minimum atomic E-state index is -0.193. The first-order valence-electron chi connectivity index (χ1n) is 6.11. The van der Waals surface area contributed by atoms with Gasteiger partial charge >= 0.3 is 0 Å². The quantitative estimate of drug-likeness (QED) is 0.790. The van der Waals surface area contributed by atoms with Crippen molar-refractivity contribution in [2.75, 3.05) is 0 Å². The predicted molar refractivity (Wildman–Crippen MR) is 63.9 cm³/mol. The topological polar surface area (TPSA) is 63.1 Å². The van der Waals surface area contributed by atoms with Crippen molar-refractivity contribution in [3.8, 4) is 0 Å². The van der Waals surface area contributed by atoms with Gasteiger partial charge in [-0.25, -0.2) is 9.97 Å². The third kappa shape index (κ3) is 2.69. The number of hydrogen-bond donors (Lipinski definition) is 1. The Balaban J connectivity index is 2.43. The highest BCUT2D eigenvalue weighted by molar-refractivity contribution is 5.78. The fraction of sp³-hybridized carbons (Fsp3) is 0.615. The van der Waals surface area contributed by atoms with Gasteiger partial charge in [-0.2, -0.15) is 0 Å². The van der Waals surface area contributed by atoms with Crippen LogP contribution in [-0.2, 0) is 13.0 Å². The van der Waals surface area contributed by atoms with Gasteiger partial charge in [0.05, 0.1) is 23.6 Å². The van der Waals surface area contributed by atoms with Crippen molar-refractivity contribution in [2.24, 2.45) is 5.92 Å². The number of aldehydes is 1. The predicted octanol–water partition coefficient (Wildman–Crippen LogP) is 1.86. The summed E-state index contributed by atoms with van der Waals surface area (Å²) in [4.78, 5) is 19.9. The number of aliphatic hydroxyl groups is 1. The first-order chi connectivity index (χ1) is 8.15. The fourth-order valence-corrected chi connectivity index (χ4v) is 1.91. The molecule has 1 N–H and O–H groups in total. The molecule has 4 nitrogen and oxygen atoms in total. The van der Waals surface area contributed by atoms with Gasteiger partial charge in [0.2, 0.25) is 0 Å². The zero-order valence-electron chi connectivity index (χ0n) is 10.3. The fourth-order valence-electron chi connectivity index (χ4n) is 1.91. The monoisotopic (exact) mass is 234 g/mol. The van der Waals surface area contributed by atoms with Gasteiger partial charge in [0, 0.05) is 5.92 Å². The van der Waals surface area contributed by atoms with E-state index in [1.807, 2.05) is 0 Å². The summed E-state index contributed by atoms with van der Waals surface area (Å²) in [5, 5.41) is 9.29. The van der Waals surface area contributed by atoms with Gasteiger partial charge in [-0.1, -0.05) is 13.8 Å². The number of hydrogen-bond acceptors (Lipinski definition) is 4. The average Bonchev–Trinajstić information content (AvgIpc) is 3.10. The molecule has 2 rings (SSSR count). The summed E-state index contributed by atoms with van der Waals surface area (Å²) in [6, 6.07) is 0. The molecule has 0 spiro atoms. The Morgan fingerprint density at radius 3 is 2.47 bits per heavy atom. The van der Waals surface area contributed by atoms with Gasteiger partial charge < -0.3 is 5.11 Å². The maximum Gasteiger partial charge on any atom is 0.153 e. The molecule has 1 aromatic heterocycles. The first kappa shape index (κ1) is 12.2. The third-order valence-electron chi connectivity index (χ3n) is 2.93. The average molecular weight is 234 g/mol. The van der Waals surface area contributed by atoms with Crippen molar-refractivity contribution in [3.63, 3.8) is 0 Å². The highest BCUT2D eigenvalue weighted by atomic mass is 16.3. The van der Waals surface area contributed by atoms with Crippen molar-refractivity contribution >= 4 is 6.29 Å². The van der Waals surface area contributed by atoms with E-state index in [1.165, 1.54) is 0 Å². The standard InChI is InChI=1S/C13H18N2O2/c1-8(2)5-11-10(6-16)12(7-17)15-13(14-11)9-3-4-9/h6,8-9,17H,3-5,7H2,1-2H3. The van der Waals surface area contributed by atoms with Crippen molar-refractivity contribution < 1.29 is 9.90 Å². The van der Waals surface area contributed by atoms with Crippen molar-refractivity contribution in [2.45, 2.75) is 45.6 Å². The second-order valence-corrected chi connectivity index (χ2v) is 5.04. The van der Waals surface area contributed by atoms with Crippen LogP contribution >= 0.6 is 0 Å². The van der Waals surface area contributed by atoms with E-state index < -0.39 is 0 Å². The molecule has 0 aliphatic heterocycles. The Morgan fingerprint density at radius 1 is 1.35 bits per heavy atom. The van der Waals surface area contributed by atoms with E-state index in [-0.39, 0.29) is 6.61 Å². The highest BCUT2D eigenvalue weighted by Crippen LogP contribution is 2.38. The van der Waals surface area contributed by atoms with Crippen LogP contribution in [0.4, 0.5) is 0 Å². The van der Waals surface area contributed by atoms with Crippen LogP contribution in [0.3, 0.4) is 0 Å². The molecule has 0 atom stereocenters. The molecule has 1 aromatic rings. The molecule has 92 valence electrons. The Bertz CT molecular complexity index is 426. The number of aliphatic hydroxyl groups excluding tert-OH is 1. The molecule has 0 radical (unpaired) electrons. The molecule has 1 fully saturated rings. The number of aromatic nitrogens is 2. The normalized spacial score (nSPS) is 15.3. The minimum Gasteiger partial charge on any atom is -0.390 e. The minimum absolute atomic E-state index is 0.193. The van der Waals surface area contributed by atoms with Crippen LogP contribution in [0.5, 0.6) is 0 Å². The van der Waals surface area contributed by atoms with Crippen LogP contribution in [0.25, 0.3) is 0 Å². The van der Waals surface area contributed by atoms with Gasteiger partial charge in [0.1, 0.15) is 5.82 Å². The maximum absolute atomic E-state index is 11.1. The van der Waals surface area contributed by atoms with Crippen LogP contribution in [0.1, 0.15) is 60.2 Å². The van der Waals surface area contributed by atoms with E-state index in [4.69, 9.17) is 0 Å². The first-order valence-corrected chi connectivity index (χ1v) is 6.11. The Morgan fingerprint density at radius 2 is 2.00 bits per heavy atom. The SMILES string of the molecule is CC(C)Cc1nc(C2CC2)nc(CO)c1C=O. The number of carbonyl (C=O) groups excluding carboxylic acids is 1. The van der Waals surface area contributed by atoms with E-state index >= 15 is 0 Å². The van der Waals surface area contributed by atoms with E-state index in [9.17, 15) is 9.90 Å². The highest BCUT2D eigenvalue weighted by Gasteiger charge is 2.28. The Hall–Kier alpha value is -1.29. The summed E-state index contributed by atoms with van der Waals surface area (Å²) >= 11 is 0. The molecular weight excluding hydrogens is 216 g/mol. The lowest BCUT2D eigenvalue weighted by Crippen LogP contribution is -2.11. The molecule has 1 saturated carbocycles. The van der Waals surface area contributed by atoms with E-state index in [1.54, 1.807) is 0 Å². The lowest BCUT2D eigenvalue weighted by molar-refractivity contribution is 0.111. The van der Waals surface area contributed by atoms with E-state index in [0.29, 0.717) is 23.1 Å². The number of rotatable bonds is 5. The maximum atomic E-state index is 11.1. The third-order valence-corrected chi connectivity index (χ3v) is 2.93. The van der Waals surface area contributed by atoms with E-state index in [2.05, 4.69) is 23.8 Å². The summed E-state index contributed by atoms with van der Waals surface area (Å²) in [5.41, 5.74) is 1.74. The molecule has 0 bridgehead atoms. The smallest absolute Gasteiger partial charge is 0.153 e. The molecule has 17 heavy (non-hydrogen) atoms. The van der Waals surface area contributed by atoms with Crippen LogP contribution in [0.2, 0.25) is 0 Å². The Labute approximate surface area is 101 Å². The van der Waals surface area contributed by atoms with Crippen molar-refractivity contribution in [1.82, 2.24) is 9.97 Å². The van der Waals surface area contributed by atoms with Crippen molar-refractivity contribution in [1.29, 1.82) is 0 Å². The lowest BCUT2D eigenvalue weighted by Gasteiger charge is -2.11. The van der Waals surface area contributed by atoms with Crippen LogP contribution in [-0.4, -0.2) is 21.4 Å². The lowest BCUT2D eigenvalue weighted by atomic mass is 10.0. The number of carbonyl (C=O) groups is 1. The van der Waals surface area contributed by atoms with Gasteiger partial charge in [0.15, 0.2) is 6.29 Å². The molecule has 4 heteroatoms. The molecule has 1 aliphatic carbocycles. The van der Waals surface area contributed by atoms with Crippen LogP contribution in [0.15, 0.2) is 0 Å². The second-order valence-electron chi connectivity index (χ2n) is 5.04. The van der Waals surface area contributed by atoms with Crippen molar-refractivity contribution in [3.05, 3.63) is 22.8 Å². The molecule has 0 unspecified atom stereocenters. The molecule has 0 amide bonds. The van der Waals surface area contributed by atoms with Gasteiger partial charge in [0.25, 0.3) is 0 Å². The number of nitrogens with zero attached hydrogens (tertiary/aromatic N) is 2. The van der Waals surface area contributed by atoms with Gasteiger partial charge in [-0.15, -0.1) is 0 Å². The zero-order valence-corrected chi connectivity index (χ0v) is 10.3. The Kier molecular flexibility index (Phi) is 3.52. The van der Waals surface area contributed by atoms with Gasteiger partial charge in [-0.3, -0.25) is 4.79 Å². The summed E-state index contributed by atoms with van der Waals surface area (Å²) < 4.78 is 0. The molecule has 1 heterocycles. The summed E-state index contributed by atoms with van der Waals surface area (Å²) in [6.07, 6.45) is 3.75. The second kappa shape index (κ2) is 4.92. The van der Waals surface area contributed by atoms with Crippen LogP contribution < -0.4 is 0 Å². The summed E-state index contributed by atoms with van der Waals surface area (Å²) in [7, 11) is 0. The van der Waals surface area contributed by atoms with Crippen LogP contribution in [0, 0.1) is 5.92 Å². The summed E-state index contributed by atoms with van der Waals surface area (Å²) in [5.74, 6) is 1.67. The summed E-state index contributed by atoms with van der Waals surface area (Å²) in [6.45, 7) is 3.99. The molecule has 0 saturated heterocycles. The molecule has 1 aliphatic rings. The molecular formula is C13H18N2O2. The zero-order chi connectivity index (χ0) is 12.4. The molecule has 0 aromatic carbocycles. The largest absolute Gasteiger partial charge is 0.390 e. The van der Waals surface area contributed by atoms with E-state index in [0.717, 1.165) is 37.1 Å². The van der Waals surface area contributed by atoms with Gasteiger partial charge in [-0.05, 0) is 25.2 Å².